The minimum Gasteiger partial charge on any atom is -0.497 e. The standard InChI is InChI=1S/C16H20F3NO3/c1-23-13-10-8-12(9-11-13)20-15(22)7-5-3-2-4-6-14(21)16(17,18)19/h8-11H,2-7H2,1H3,(H,20,22). The highest BCUT2D eigenvalue weighted by Crippen LogP contribution is 2.20. The second-order valence-corrected chi connectivity index (χ2v) is 5.11. The van der Waals surface area contributed by atoms with Crippen molar-refractivity contribution in [2.24, 2.45) is 0 Å². The van der Waals surface area contributed by atoms with Crippen LogP contribution in [0.15, 0.2) is 24.3 Å². The predicted molar refractivity (Wildman–Crippen MR) is 80.4 cm³/mol. The van der Waals surface area contributed by atoms with Gasteiger partial charge in [-0.3, -0.25) is 9.59 Å². The van der Waals surface area contributed by atoms with E-state index in [4.69, 9.17) is 4.74 Å². The Morgan fingerprint density at radius 1 is 1.00 bits per heavy atom. The third-order valence-electron chi connectivity index (χ3n) is 3.25. The lowest BCUT2D eigenvalue weighted by Gasteiger charge is -2.07. The van der Waals surface area contributed by atoms with Gasteiger partial charge in [-0.2, -0.15) is 13.2 Å². The van der Waals surface area contributed by atoms with Crippen LogP contribution in [0.2, 0.25) is 0 Å². The van der Waals surface area contributed by atoms with Crippen LogP contribution in [0.5, 0.6) is 5.75 Å². The zero-order valence-electron chi connectivity index (χ0n) is 12.9. The number of rotatable bonds is 9. The molecule has 7 heteroatoms. The maximum absolute atomic E-state index is 12.0. The molecule has 0 aromatic heterocycles. The van der Waals surface area contributed by atoms with Crippen molar-refractivity contribution in [3.63, 3.8) is 0 Å². The summed E-state index contributed by atoms with van der Waals surface area (Å²) >= 11 is 0. The van der Waals surface area contributed by atoms with E-state index >= 15 is 0 Å². The van der Waals surface area contributed by atoms with Crippen molar-refractivity contribution in [2.45, 2.75) is 44.7 Å². The molecule has 1 aromatic rings. The van der Waals surface area contributed by atoms with Crippen molar-refractivity contribution in [3.8, 4) is 5.75 Å². The fourth-order valence-corrected chi connectivity index (χ4v) is 1.96. The fourth-order valence-electron chi connectivity index (χ4n) is 1.96. The Labute approximate surface area is 133 Å². The number of methoxy groups -OCH3 is 1. The van der Waals surface area contributed by atoms with E-state index in [1.54, 1.807) is 31.4 Å². The third-order valence-corrected chi connectivity index (χ3v) is 3.25. The molecule has 0 fully saturated rings. The number of amides is 1. The summed E-state index contributed by atoms with van der Waals surface area (Å²) in [5.74, 6) is -1.15. The summed E-state index contributed by atoms with van der Waals surface area (Å²) in [6, 6.07) is 6.90. The quantitative estimate of drug-likeness (QED) is 0.693. The maximum Gasteiger partial charge on any atom is 0.449 e. The molecule has 1 aromatic carbocycles. The summed E-state index contributed by atoms with van der Waals surface area (Å²) in [5.41, 5.74) is 0.659. The van der Waals surface area contributed by atoms with Crippen molar-refractivity contribution >= 4 is 17.4 Å². The van der Waals surface area contributed by atoms with E-state index in [1.807, 2.05) is 0 Å². The fraction of sp³-hybridized carbons (Fsp3) is 0.500. The number of carbonyl (C=O) groups is 2. The Hall–Kier alpha value is -2.05. The molecule has 0 aliphatic rings. The molecule has 0 unspecified atom stereocenters. The first-order valence-electron chi connectivity index (χ1n) is 7.37. The lowest BCUT2D eigenvalue weighted by atomic mass is 10.1. The van der Waals surface area contributed by atoms with Gasteiger partial charge in [0.1, 0.15) is 5.75 Å². The first-order chi connectivity index (χ1) is 10.8. The van der Waals surface area contributed by atoms with Gasteiger partial charge in [-0.25, -0.2) is 0 Å². The van der Waals surface area contributed by atoms with Crippen molar-refractivity contribution in [1.29, 1.82) is 0 Å². The van der Waals surface area contributed by atoms with E-state index in [0.717, 1.165) is 0 Å². The van der Waals surface area contributed by atoms with E-state index < -0.39 is 18.4 Å². The van der Waals surface area contributed by atoms with Gasteiger partial charge in [0, 0.05) is 18.5 Å². The summed E-state index contributed by atoms with van der Waals surface area (Å²) in [6.45, 7) is 0. The number of benzene rings is 1. The number of nitrogens with one attached hydrogen (secondary N) is 1. The molecule has 0 heterocycles. The van der Waals surface area contributed by atoms with Gasteiger partial charge in [0.15, 0.2) is 0 Å². The Morgan fingerprint density at radius 2 is 1.57 bits per heavy atom. The molecule has 1 amide bonds. The van der Waals surface area contributed by atoms with E-state index in [-0.39, 0.29) is 12.3 Å². The van der Waals surface area contributed by atoms with Crippen molar-refractivity contribution in [3.05, 3.63) is 24.3 Å². The smallest absolute Gasteiger partial charge is 0.449 e. The van der Waals surface area contributed by atoms with E-state index in [1.165, 1.54) is 0 Å². The number of ether oxygens (including phenoxy) is 1. The second kappa shape index (κ2) is 9.17. The minimum atomic E-state index is -4.74. The third kappa shape index (κ3) is 7.67. The molecule has 23 heavy (non-hydrogen) atoms. The molecule has 0 atom stereocenters. The van der Waals surface area contributed by atoms with Gasteiger partial charge in [0.25, 0.3) is 0 Å². The Balaban J connectivity index is 2.13. The zero-order chi connectivity index (χ0) is 17.3. The first kappa shape index (κ1) is 19.0. The van der Waals surface area contributed by atoms with Crippen LogP contribution < -0.4 is 10.1 Å². The van der Waals surface area contributed by atoms with Crippen LogP contribution >= 0.6 is 0 Å². The molecule has 0 bridgehead atoms. The van der Waals surface area contributed by atoms with Crippen LogP contribution in [0.1, 0.15) is 38.5 Å². The van der Waals surface area contributed by atoms with Crippen molar-refractivity contribution < 1.29 is 27.5 Å². The topological polar surface area (TPSA) is 55.4 Å². The van der Waals surface area contributed by atoms with Crippen molar-refractivity contribution in [2.75, 3.05) is 12.4 Å². The van der Waals surface area contributed by atoms with Crippen molar-refractivity contribution in [1.82, 2.24) is 0 Å². The predicted octanol–water partition coefficient (Wildman–Crippen LogP) is 4.11. The van der Waals surface area contributed by atoms with Crippen LogP contribution in [-0.2, 0) is 9.59 Å². The number of Topliss-reactive ketones (excluding diaryl/α,β-unsaturated/α-hetero) is 1. The minimum absolute atomic E-state index is 0.151. The Morgan fingerprint density at radius 3 is 2.09 bits per heavy atom. The summed E-state index contributed by atoms with van der Waals surface area (Å²) in [7, 11) is 1.55. The van der Waals surface area contributed by atoms with Gasteiger partial charge in [-0.15, -0.1) is 0 Å². The van der Waals surface area contributed by atoms with Crippen LogP contribution in [0.4, 0.5) is 18.9 Å². The Bertz CT molecular complexity index is 512. The molecule has 0 spiro atoms. The van der Waals surface area contributed by atoms with Crippen LogP contribution in [-0.4, -0.2) is 25.0 Å². The monoisotopic (exact) mass is 331 g/mol. The molecule has 0 aliphatic heterocycles. The van der Waals surface area contributed by atoms with Gasteiger partial charge < -0.3 is 10.1 Å². The van der Waals surface area contributed by atoms with Gasteiger partial charge in [0.2, 0.25) is 11.7 Å². The largest absolute Gasteiger partial charge is 0.497 e. The molecule has 1 N–H and O–H groups in total. The highest BCUT2D eigenvalue weighted by Gasteiger charge is 2.36. The summed E-state index contributed by atoms with van der Waals surface area (Å²) in [5, 5.41) is 2.72. The van der Waals surface area contributed by atoms with Gasteiger partial charge in [-0.05, 0) is 37.1 Å². The zero-order valence-corrected chi connectivity index (χ0v) is 12.9. The number of unbranched alkanes of at least 4 members (excludes halogenated alkanes) is 3. The molecule has 0 radical (unpaired) electrons. The lowest BCUT2D eigenvalue weighted by Crippen LogP contribution is -2.22. The van der Waals surface area contributed by atoms with Gasteiger partial charge in [0.05, 0.1) is 7.11 Å². The van der Waals surface area contributed by atoms with E-state index in [0.29, 0.717) is 37.1 Å². The Kier molecular flexibility index (Phi) is 7.57. The lowest BCUT2D eigenvalue weighted by molar-refractivity contribution is -0.171. The molecule has 1 rings (SSSR count). The molecular formula is C16H20F3NO3. The number of hydrogen-bond donors (Lipinski definition) is 1. The highest BCUT2D eigenvalue weighted by molar-refractivity contribution is 5.90. The molecule has 0 saturated carbocycles. The SMILES string of the molecule is COc1ccc(NC(=O)CCCCCCC(=O)C(F)(F)F)cc1. The number of anilines is 1. The molecular weight excluding hydrogens is 311 g/mol. The second-order valence-electron chi connectivity index (χ2n) is 5.11. The normalized spacial score (nSPS) is 11.1. The van der Waals surface area contributed by atoms with Crippen LogP contribution in [0.25, 0.3) is 0 Å². The summed E-state index contributed by atoms with van der Waals surface area (Å²) in [6.07, 6.45) is -3.06. The number of halogens is 3. The summed E-state index contributed by atoms with van der Waals surface area (Å²) in [4.78, 5) is 22.4. The van der Waals surface area contributed by atoms with E-state index in [2.05, 4.69) is 5.32 Å². The first-order valence-corrected chi connectivity index (χ1v) is 7.37. The highest BCUT2D eigenvalue weighted by atomic mass is 19.4. The molecule has 0 saturated heterocycles. The summed E-state index contributed by atoms with van der Waals surface area (Å²) < 4.78 is 40.9. The van der Waals surface area contributed by atoms with Gasteiger partial charge in [-0.1, -0.05) is 12.8 Å². The number of hydrogen-bond acceptors (Lipinski definition) is 3. The molecule has 0 aliphatic carbocycles. The van der Waals surface area contributed by atoms with Crippen LogP contribution in [0, 0.1) is 0 Å². The number of alkyl halides is 3. The molecule has 4 nitrogen and oxygen atoms in total. The number of ketones is 1. The number of carbonyl (C=O) groups excluding carboxylic acids is 2. The average molecular weight is 331 g/mol. The molecule has 128 valence electrons. The van der Waals surface area contributed by atoms with E-state index in [9.17, 15) is 22.8 Å². The van der Waals surface area contributed by atoms with Crippen LogP contribution in [0.3, 0.4) is 0 Å². The average Bonchev–Trinajstić information content (AvgIpc) is 2.50. The maximum atomic E-state index is 12.0. The van der Waals surface area contributed by atoms with Gasteiger partial charge >= 0.3 is 6.18 Å².